The molecule has 0 aliphatic rings. The van der Waals surface area contributed by atoms with Crippen LogP contribution in [0.4, 0.5) is 0 Å². The van der Waals surface area contributed by atoms with Gasteiger partial charge >= 0.3 is 0 Å². The van der Waals surface area contributed by atoms with Gasteiger partial charge in [0.2, 0.25) is 0 Å². The summed E-state index contributed by atoms with van der Waals surface area (Å²) in [6.45, 7) is 10.5. The van der Waals surface area contributed by atoms with Gasteiger partial charge in [-0.25, -0.2) is 0 Å². The van der Waals surface area contributed by atoms with Gasteiger partial charge in [-0.15, -0.1) is 0 Å². The lowest BCUT2D eigenvalue weighted by molar-refractivity contribution is 0.330. The molecule has 0 fully saturated rings. The van der Waals surface area contributed by atoms with Gasteiger partial charge in [-0.05, 0) is 31.7 Å². The molecule has 0 saturated carbocycles. The maximum Gasteiger partial charge on any atom is 0.00696 e. The lowest BCUT2D eigenvalue weighted by Crippen LogP contribution is -2.31. The zero-order chi connectivity index (χ0) is 15.8. The summed E-state index contributed by atoms with van der Waals surface area (Å²) >= 11 is 0. The van der Waals surface area contributed by atoms with Crippen LogP contribution in [-0.2, 0) is 0 Å². The van der Waals surface area contributed by atoms with E-state index in [4.69, 9.17) is 0 Å². The molecule has 0 aliphatic heterocycles. The van der Waals surface area contributed by atoms with Crippen LogP contribution in [-0.4, -0.2) is 12.6 Å². The van der Waals surface area contributed by atoms with Crippen molar-refractivity contribution in [3.05, 3.63) is 0 Å². The average molecular weight is 298 g/mol. The Morgan fingerprint density at radius 3 is 1.95 bits per heavy atom. The standard InChI is InChI=1S/C20H43N/c1-5-9-11-12-13-14-16-20(21-17-7-3)18-19(8-4)15-10-6-2/h19-21H,5-18H2,1-4H3. The Morgan fingerprint density at radius 2 is 1.33 bits per heavy atom. The minimum absolute atomic E-state index is 0.776. The first-order valence-electron chi connectivity index (χ1n) is 10.0. The fourth-order valence-corrected chi connectivity index (χ4v) is 3.21. The minimum Gasteiger partial charge on any atom is -0.314 e. The fourth-order valence-electron chi connectivity index (χ4n) is 3.21. The topological polar surface area (TPSA) is 12.0 Å². The molecule has 128 valence electrons. The summed E-state index contributed by atoms with van der Waals surface area (Å²) in [5.41, 5.74) is 0. The predicted molar refractivity (Wildman–Crippen MR) is 98.0 cm³/mol. The first-order chi connectivity index (χ1) is 10.3. The van der Waals surface area contributed by atoms with Gasteiger partial charge in [0, 0.05) is 6.04 Å². The molecule has 0 spiro atoms. The highest BCUT2D eigenvalue weighted by molar-refractivity contribution is 4.72. The molecule has 1 heteroatoms. The molecule has 0 aromatic carbocycles. The molecular weight excluding hydrogens is 254 g/mol. The van der Waals surface area contributed by atoms with Crippen molar-refractivity contribution in [3.63, 3.8) is 0 Å². The van der Waals surface area contributed by atoms with Crippen LogP contribution in [0.2, 0.25) is 0 Å². The highest BCUT2D eigenvalue weighted by Crippen LogP contribution is 2.21. The van der Waals surface area contributed by atoms with Gasteiger partial charge in [-0.1, -0.05) is 91.9 Å². The van der Waals surface area contributed by atoms with E-state index in [2.05, 4.69) is 33.0 Å². The van der Waals surface area contributed by atoms with E-state index in [1.165, 1.54) is 90.0 Å². The highest BCUT2D eigenvalue weighted by atomic mass is 14.9. The van der Waals surface area contributed by atoms with Crippen LogP contribution < -0.4 is 5.32 Å². The molecule has 0 saturated heterocycles. The molecule has 0 aromatic rings. The SMILES string of the molecule is CCCCCCCCC(CC(CC)CCCC)NCCC. The zero-order valence-electron chi connectivity index (χ0n) is 15.6. The fraction of sp³-hybridized carbons (Fsp3) is 1.00. The molecule has 2 unspecified atom stereocenters. The van der Waals surface area contributed by atoms with Gasteiger partial charge in [0.05, 0.1) is 0 Å². The van der Waals surface area contributed by atoms with Crippen molar-refractivity contribution >= 4 is 0 Å². The summed E-state index contributed by atoms with van der Waals surface area (Å²) in [7, 11) is 0. The van der Waals surface area contributed by atoms with E-state index in [-0.39, 0.29) is 0 Å². The van der Waals surface area contributed by atoms with E-state index in [1.54, 1.807) is 0 Å². The molecule has 0 aliphatic carbocycles. The maximum absolute atomic E-state index is 3.81. The van der Waals surface area contributed by atoms with E-state index < -0.39 is 0 Å². The van der Waals surface area contributed by atoms with Crippen LogP contribution in [0, 0.1) is 5.92 Å². The summed E-state index contributed by atoms with van der Waals surface area (Å²) in [5.74, 6) is 0.944. The predicted octanol–water partition coefficient (Wildman–Crippen LogP) is 6.71. The summed E-state index contributed by atoms with van der Waals surface area (Å²) in [6, 6.07) is 0.776. The lowest BCUT2D eigenvalue weighted by atomic mass is 9.90. The van der Waals surface area contributed by atoms with Crippen LogP contribution >= 0.6 is 0 Å². The summed E-state index contributed by atoms with van der Waals surface area (Å²) < 4.78 is 0. The zero-order valence-corrected chi connectivity index (χ0v) is 15.6. The molecule has 2 atom stereocenters. The quantitative estimate of drug-likeness (QED) is 0.312. The van der Waals surface area contributed by atoms with Crippen molar-refractivity contribution in [3.8, 4) is 0 Å². The Hall–Kier alpha value is -0.0400. The number of hydrogen-bond acceptors (Lipinski definition) is 1. The smallest absolute Gasteiger partial charge is 0.00696 e. The van der Waals surface area contributed by atoms with Crippen molar-refractivity contribution in [2.75, 3.05) is 6.54 Å². The lowest BCUT2D eigenvalue weighted by Gasteiger charge is -2.24. The summed E-state index contributed by atoms with van der Waals surface area (Å²) in [4.78, 5) is 0. The number of rotatable bonds is 16. The second-order valence-corrected chi connectivity index (χ2v) is 6.86. The van der Waals surface area contributed by atoms with Crippen LogP contribution in [0.3, 0.4) is 0 Å². The Kier molecular flexibility index (Phi) is 16.3. The minimum atomic E-state index is 0.776. The van der Waals surface area contributed by atoms with E-state index in [0.29, 0.717) is 0 Å². The molecular formula is C20H43N. The Balaban J connectivity index is 3.93. The normalized spacial score (nSPS) is 14.3. The summed E-state index contributed by atoms with van der Waals surface area (Å²) in [6.07, 6.45) is 18.2. The Bertz CT molecular complexity index is 190. The van der Waals surface area contributed by atoms with Crippen molar-refractivity contribution in [1.82, 2.24) is 5.32 Å². The molecule has 0 bridgehead atoms. The monoisotopic (exact) mass is 297 g/mol. The van der Waals surface area contributed by atoms with E-state index in [1.807, 2.05) is 0 Å². The van der Waals surface area contributed by atoms with E-state index in [9.17, 15) is 0 Å². The molecule has 0 radical (unpaired) electrons. The third kappa shape index (κ3) is 13.4. The Labute approximate surface area is 135 Å². The van der Waals surface area contributed by atoms with Gasteiger partial charge in [-0.2, -0.15) is 0 Å². The first-order valence-corrected chi connectivity index (χ1v) is 10.0. The van der Waals surface area contributed by atoms with Gasteiger partial charge in [-0.3, -0.25) is 0 Å². The second kappa shape index (κ2) is 16.3. The van der Waals surface area contributed by atoms with Gasteiger partial charge in [0.15, 0.2) is 0 Å². The van der Waals surface area contributed by atoms with Crippen molar-refractivity contribution < 1.29 is 0 Å². The molecule has 0 amide bonds. The van der Waals surface area contributed by atoms with Gasteiger partial charge in [0.1, 0.15) is 0 Å². The van der Waals surface area contributed by atoms with Crippen LogP contribution in [0.25, 0.3) is 0 Å². The number of hydrogen-bond donors (Lipinski definition) is 1. The van der Waals surface area contributed by atoms with Crippen LogP contribution in [0.5, 0.6) is 0 Å². The molecule has 1 N–H and O–H groups in total. The number of nitrogens with one attached hydrogen (secondary N) is 1. The highest BCUT2D eigenvalue weighted by Gasteiger charge is 2.14. The van der Waals surface area contributed by atoms with Crippen LogP contribution in [0.15, 0.2) is 0 Å². The van der Waals surface area contributed by atoms with Crippen molar-refractivity contribution in [2.24, 2.45) is 5.92 Å². The Morgan fingerprint density at radius 1 is 0.667 bits per heavy atom. The molecule has 21 heavy (non-hydrogen) atoms. The van der Waals surface area contributed by atoms with Crippen molar-refractivity contribution in [1.29, 1.82) is 0 Å². The largest absolute Gasteiger partial charge is 0.314 e. The first kappa shape index (κ1) is 21.0. The third-order valence-corrected chi connectivity index (χ3v) is 4.75. The van der Waals surface area contributed by atoms with Crippen molar-refractivity contribution in [2.45, 2.75) is 117 Å². The third-order valence-electron chi connectivity index (χ3n) is 4.75. The molecule has 0 aromatic heterocycles. The average Bonchev–Trinajstić information content (AvgIpc) is 2.51. The van der Waals surface area contributed by atoms with Gasteiger partial charge in [0.25, 0.3) is 0 Å². The van der Waals surface area contributed by atoms with Crippen LogP contribution in [0.1, 0.15) is 111 Å². The maximum atomic E-state index is 3.81. The molecule has 1 nitrogen and oxygen atoms in total. The number of unbranched alkanes of at least 4 members (excludes halogenated alkanes) is 6. The second-order valence-electron chi connectivity index (χ2n) is 6.86. The van der Waals surface area contributed by atoms with E-state index in [0.717, 1.165) is 12.0 Å². The van der Waals surface area contributed by atoms with Gasteiger partial charge < -0.3 is 5.32 Å². The van der Waals surface area contributed by atoms with E-state index >= 15 is 0 Å². The summed E-state index contributed by atoms with van der Waals surface area (Å²) in [5, 5.41) is 3.81. The molecule has 0 rings (SSSR count). The molecule has 0 heterocycles.